The minimum atomic E-state index is -0.475. The summed E-state index contributed by atoms with van der Waals surface area (Å²) in [7, 11) is 0. The van der Waals surface area contributed by atoms with Gasteiger partial charge in [-0.05, 0) is 24.7 Å². The molecule has 0 fully saturated rings. The Balaban J connectivity index is 2.51. The summed E-state index contributed by atoms with van der Waals surface area (Å²) >= 11 is 5.93. The lowest BCUT2D eigenvalue weighted by molar-refractivity contribution is 0.543. The summed E-state index contributed by atoms with van der Waals surface area (Å²) in [5.41, 5.74) is 6.74. The third kappa shape index (κ3) is 3.00. The van der Waals surface area contributed by atoms with Gasteiger partial charge in [-0.25, -0.2) is 9.37 Å². The van der Waals surface area contributed by atoms with Gasteiger partial charge >= 0.3 is 0 Å². The number of nitrogens with two attached hydrogens (primary N) is 1. The van der Waals surface area contributed by atoms with Crippen LogP contribution in [-0.4, -0.2) is 16.5 Å². The van der Waals surface area contributed by atoms with E-state index in [0.29, 0.717) is 22.9 Å². The molecule has 0 aliphatic rings. The van der Waals surface area contributed by atoms with E-state index in [4.69, 9.17) is 17.3 Å². The molecule has 0 radical (unpaired) electrons. The molecule has 0 bridgehead atoms. The second-order valence-electron chi connectivity index (χ2n) is 3.99. The summed E-state index contributed by atoms with van der Waals surface area (Å²) in [6.45, 7) is 2.55. The Bertz CT molecular complexity index is 576. The van der Waals surface area contributed by atoms with Crippen molar-refractivity contribution < 1.29 is 4.39 Å². The number of aromatic nitrogens is 2. The molecule has 3 N–H and O–H groups in total. The maximum atomic E-state index is 13.9. The quantitative estimate of drug-likeness (QED) is 0.903. The second kappa shape index (κ2) is 5.95. The van der Waals surface area contributed by atoms with Crippen LogP contribution in [0.25, 0.3) is 0 Å². The van der Waals surface area contributed by atoms with E-state index in [9.17, 15) is 4.39 Å². The van der Waals surface area contributed by atoms with E-state index < -0.39 is 11.9 Å². The zero-order valence-corrected chi connectivity index (χ0v) is 11.2. The lowest BCUT2D eigenvalue weighted by Crippen LogP contribution is -2.25. The molecule has 0 spiro atoms. The first-order valence-electron chi connectivity index (χ1n) is 5.88. The number of rotatable bonds is 4. The van der Waals surface area contributed by atoms with E-state index in [0.717, 1.165) is 0 Å². The Morgan fingerprint density at radius 3 is 2.95 bits per heavy atom. The van der Waals surface area contributed by atoms with Gasteiger partial charge in [0.25, 0.3) is 0 Å². The Morgan fingerprint density at radius 1 is 1.47 bits per heavy atom. The van der Waals surface area contributed by atoms with Gasteiger partial charge in [0.2, 0.25) is 0 Å². The molecule has 2 heterocycles. The molecule has 1 unspecified atom stereocenters. The number of pyridine rings is 2. The minimum absolute atomic E-state index is 0.278. The monoisotopic (exact) mass is 280 g/mol. The molecule has 6 heteroatoms. The highest BCUT2D eigenvalue weighted by molar-refractivity contribution is 6.30. The fraction of sp³-hybridized carbons (Fsp3) is 0.231. The lowest BCUT2D eigenvalue weighted by Gasteiger charge is -2.19. The third-order valence-electron chi connectivity index (χ3n) is 2.70. The van der Waals surface area contributed by atoms with Crippen molar-refractivity contribution >= 4 is 17.4 Å². The van der Waals surface area contributed by atoms with Gasteiger partial charge in [-0.2, -0.15) is 0 Å². The summed E-state index contributed by atoms with van der Waals surface area (Å²) in [4.78, 5) is 8.07. The van der Waals surface area contributed by atoms with Crippen LogP contribution in [0.15, 0.2) is 30.6 Å². The maximum Gasteiger partial charge on any atom is 0.146 e. The largest absolute Gasteiger partial charge is 0.383 e. The van der Waals surface area contributed by atoms with Crippen LogP contribution in [0.1, 0.15) is 24.2 Å². The molecule has 0 aliphatic carbocycles. The van der Waals surface area contributed by atoms with Gasteiger partial charge in [-0.3, -0.25) is 4.98 Å². The first-order chi connectivity index (χ1) is 9.13. The number of hydrogen-bond donors (Lipinski definition) is 2. The zero-order valence-electron chi connectivity index (χ0n) is 10.4. The Morgan fingerprint density at radius 2 is 2.26 bits per heavy atom. The number of nitrogen functional groups attached to an aromatic ring is 1. The van der Waals surface area contributed by atoms with E-state index >= 15 is 0 Å². The summed E-state index contributed by atoms with van der Waals surface area (Å²) in [5.74, 6) is -0.0896. The standard InChI is InChI=1S/C13H14ClFN4/c1-2-17-11(12-10(15)4-3-5-18-12)9-6-8(14)7-19-13(9)16/h3-7,11,17H,2H2,1H3,(H2,16,19). The summed E-state index contributed by atoms with van der Waals surface area (Å²) in [5, 5.41) is 3.59. The normalized spacial score (nSPS) is 12.4. The van der Waals surface area contributed by atoms with Gasteiger partial charge in [-0.15, -0.1) is 0 Å². The average molecular weight is 281 g/mol. The van der Waals surface area contributed by atoms with Gasteiger partial charge in [0.15, 0.2) is 0 Å². The van der Waals surface area contributed by atoms with Crippen molar-refractivity contribution in [1.29, 1.82) is 0 Å². The van der Waals surface area contributed by atoms with Crippen molar-refractivity contribution in [2.45, 2.75) is 13.0 Å². The van der Waals surface area contributed by atoms with Crippen molar-refractivity contribution in [3.8, 4) is 0 Å². The summed E-state index contributed by atoms with van der Waals surface area (Å²) in [6.07, 6.45) is 3.00. The molecule has 2 rings (SSSR count). The summed E-state index contributed by atoms with van der Waals surface area (Å²) < 4.78 is 13.9. The number of nitrogens with zero attached hydrogens (tertiary/aromatic N) is 2. The van der Waals surface area contributed by atoms with Crippen LogP contribution in [0.5, 0.6) is 0 Å². The van der Waals surface area contributed by atoms with E-state index in [1.54, 1.807) is 12.1 Å². The SMILES string of the molecule is CCNC(c1cc(Cl)cnc1N)c1ncccc1F. The molecular formula is C13H14ClFN4. The smallest absolute Gasteiger partial charge is 0.146 e. The highest BCUT2D eigenvalue weighted by Gasteiger charge is 2.21. The number of nitrogens with one attached hydrogen (secondary N) is 1. The van der Waals surface area contributed by atoms with Crippen LogP contribution >= 0.6 is 11.6 Å². The Hall–Kier alpha value is -1.72. The molecule has 1 atom stereocenters. The Labute approximate surface area is 115 Å². The van der Waals surface area contributed by atoms with E-state index in [1.807, 2.05) is 6.92 Å². The predicted octanol–water partition coefficient (Wildman–Crippen LogP) is 2.55. The lowest BCUT2D eigenvalue weighted by atomic mass is 10.0. The second-order valence-corrected chi connectivity index (χ2v) is 4.43. The molecular weight excluding hydrogens is 267 g/mol. The minimum Gasteiger partial charge on any atom is -0.383 e. The fourth-order valence-electron chi connectivity index (χ4n) is 1.87. The number of anilines is 1. The van der Waals surface area contributed by atoms with Crippen molar-refractivity contribution in [3.05, 3.63) is 52.7 Å². The molecule has 0 aromatic carbocycles. The number of halogens is 2. The molecule has 0 aliphatic heterocycles. The zero-order chi connectivity index (χ0) is 13.8. The van der Waals surface area contributed by atoms with Gasteiger partial charge in [-0.1, -0.05) is 18.5 Å². The van der Waals surface area contributed by atoms with Gasteiger partial charge < -0.3 is 11.1 Å². The first-order valence-corrected chi connectivity index (χ1v) is 6.26. The fourth-order valence-corrected chi connectivity index (χ4v) is 2.03. The van der Waals surface area contributed by atoms with Crippen LogP contribution < -0.4 is 11.1 Å². The highest BCUT2D eigenvalue weighted by atomic mass is 35.5. The molecule has 4 nitrogen and oxygen atoms in total. The molecule has 2 aromatic heterocycles. The van der Waals surface area contributed by atoms with E-state index in [-0.39, 0.29) is 5.69 Å². The van der Waals surface area contributed by atoms with Crippen LogP contribution in [0.4, 0.5) is 10.2 Å². The number of hydrogen-bond acceptors (Lipinski definition) is 4. The molecule has 100 valence electrons. The van der Waals surface area contributed by atoms with E-state index in [2.05, 4.69) is 15.3 Å². The summed E-state index contributed by atoms with van der Waals surface area (Å²) in [6, 6.07) is 4.10. The highest BCUT2D eigenvalue weighted by Crippen LogP contribution is 2.27. The maximum absolute atomic E-state index is 13.9. The van der Waals surface area contributed by atoms with Gasteiger partial charge in [0.1, 0.15) is 11.6 Å². The van der Waals surface area contributed by atoms with Crippen molar-refractivity contribution in [2.24, 2.45) is 0 Å². The molecule has 2 aromatic rings. The van der Waals surface area contributed by atoms with Gasteiger partial charge in [0.05, 0.1) is 16.8 Å². The van der Waals surface area contributed by atoms with Crippen molar-refractivity contribution in [1.82, 2.24) is 15.3 Å². The third-order valence-corrected chi connectivity index (χ3v) is 2.90. The van der Waals surface area contributed by atoms with E-state index in [1.165, 1.54) is 18.5 Å². The van der Waals surface area contributed by atoms with Crippen LogP contribution in [0, 0.1) is 5.82 Å². The van der Waals surface area contributed by atoms with Crippen LogP contribution in [-0.2, 0) is 0 Å². The van der Waals surface area contributed by atoms with Crippen molar-refractivity contribution in [3.63, 3.8) is 0 Å². The van der Waals surface area contributed by atoms with Crippen LogP contribution in [0.2, 0.25) is 5.02 Å². The molecule has 0 saturated carbocycles. The van der Waals surface area contributed by atoms with Gasteiger partial charge in [0, 0.05) is 18.0 Å². The first kappa shape index (κ1) is 13.7. The predicted molar refractivity (Wildman–Crippen MR) is 73.4 cm³/mol. The molecule has 0 saturated heterocycles. The van der Waals surface area contributed by atoms with Crippen LogP contribution in [0.3, 0.4) is 0 Å². The average Bonchev–Trinajstić information content (AvgIpc) is 2.40. The topological polar surface area (TPSA) is 63.8 Å². The van der Waals surface area contributed by atoms with Crippen molar-refractivity contribution in [2.75, 3.05) is 12.3 Å². The molecule has 0 amide bonds. The molecule has 19 heavy (non-hydrogen) atoms. The Kier molecular flexibility index (Phi) is 4.29.